The van der Waals surface area contributed by atoms with E-state index in [0.29, 0.717) is 23.9 Å². The minimum atomic E-state index is -4.62. The minimum Gasteiger partial charge on any atom is -0.756 e. The Bertz CT molecular complexity index is 944. The number of rotatable bonds is 34. The number of hydrogen-bond acceptors (Lipinski definition) is 8. The van der Waals surface area contributed by atoms with Gasteiger partial charge in [-0.3, -0.25) is 14.2 Å². The highest BCUT2D eigenvalue weighted by atomic mass is 31.2. The van der Waals surface area contributed by atoms with Crippen molar-refractivity contribution >= 4 is 19.8 Å². The summed E-state index contributed by atoms with van der Waals surface area (Å²) in [5.74, 6) is -0.883. The molecule has 0 rings (SSSR count). The largest absolute Gasteiger partial charge is 0.756 e. The Balaban J connectivity index is 4.49. The van der Waals surface area contributed by atoms with Crippen LogP contribution in [-0.2, 0) is 32.7 Å². The fraction of sp³-hybridized carbons (Fsp3) is 0.795. The molecule has 0 bridgehead atoms. The summed E-state index contributed by atoms with van der Waals surface area (Å²) in [4.78, 5) is 37.3. The average Bonchev–Trinajstić information content (AvgIpc) is 3.04. The molecule has 0 radical (unpaired) electrons. The number of unbranched alkanes of at least 4 members (excludes halogenated alkanes) is 14. The van der Waals surface area contributed by atoms with Crippen molar-refractivity contribution in [1.82, 2.24) is 0 Å². The molecule has 0 spiro atoms. The summed E-state index contributed by atoms with van der Waals surface area (Å²) in [6, 6.07) is 0. The first-order chi connectivity index (χ1) is 23.5. The van der Waals surface area contributed by atoms with Gasteiger partial charge in [0.15, 0.2) is 6.10 Å². The molecule has 0 saturated carbocycles. The number of quaternary nitrogens is 1. The van der Waals surface area contributed by atoms with Gasteiger partial charge in [-0.1, -0.05) is 121 Å². The van der Waals surface area contributed by atoms with E-state index < -0.39 is 32.5 Å². The molecule has 1 unspecified atom stereocenters. The zero-order chi connectivity index (χ0) is 36.5. The third-order valence-corrected chi connectivity index (χ3v) is 8.88. The molecule has 49 heavy (non-hydrogen) atoms. The zero-order valence-corrected chi connectivity index (χ0v) is 32.8. The van der Waals surface area contributed by atoms with Gasteiger partial charge in [-0.2, -0.15) is 0 Å². The van der Waals surface area contributed by atoms with E-state index >= 15 is 0 Å². The third-order valence-electron chi connectivity index (χ3n) is 7.91. The van der Waals surface area contributed by atoms with Crippen molar-refractivity contribution in [3.63, 3.8) is 0 Å². The first kappa shape index (κ1) is 47.2. The lowest BCUT2D eigenvalue weighted by atomic mass is 10.1. The highest BCUT2D eigenvalue weighted by Crippen LogP contribution is 2.38. The minimum absolute atomic E-state index is 0.0365. The molecule has 0 aliphatic heterocycles. The lowest BCUT2D eigenvalue weighted by Crippen LogP contribution is -2.37. The topological polar surface area (TPSA) is 111 Å². The van der Waals surface area contributed by atoms with Gasteiger partial charge in [0.05, 0.1) is 27.7 Å². The van der Waals surface area contributed by atoms with Crippen molar-refractivity contribution in [1.29, 1.82) is 0 Å². The fourth-order valence-corrected chi connectivity index (χ4v) is 5.56. The molecule has 9 nitrogen and oxygen atoms in total. The first-order valence-corrected chi connectivity index (χ1v) is 20.7. The molecule has 0 aromatic carbocycles. The first-order valence-electron chi connectivity index (χ1n) is 19.2. The molecule has 0 aromatic heterocycles. The van der Waals surface area contributed by atoms with Crippen LogP contribution in [0.25, 0.3) is 0 Å². The van der Waals surface area contributed by atoms with Gasteiger partial charge in [-0.15, -0.1) is 0 Å². The number of likely N-dealkylation sites (N-methyl/N-ethyl adjacent to an activating group) is 1. The number of esters is 2. The van der Waals surface area contributed by atoms with Gasteiger partial charge < -0.3 is 27.9 Å². The molecule has 0 saturated heterocycles. The van der Waals surface area contributed by atoms with E-state index in [1.54, 1.807) is 0 Å². The number of carbonyl (C=O) groups excluding carboxylic acids is 2. The smallest absolute Gasteiger partial charge is 0.306 e. The van der Waals surface area contributed by atoms with Crippen LogP contribution in [0.2, 0.25) is 0 Å². The maximum atomic E-state index is 12.6. The van der Waals surface area contributed by atoms with Crippen LogP contribution in [0.1, 0.15) is 149 Å². The summed E-state index contributed by atoms with van der Waals surface area (Å²) in [5, 5.41) is 0. The van der Waals surface area contributed by atoms with Crippen molar-refractivity contribution in [3.05, 3.63) is 36.5 Å². The number of carbonyl (C=O) groups is 2. The highest BCUT2D eigenvalue weighted by Gasteiger charge is 2.21. The number of hydrogen-bond donors (Lipinski definition) is 0. The second-order valence-corrected chi connectivity index (χ2v) is 15.4. The Morgan fingerprint density at radius 1 is 0.633 bits per heavy atom. The number of phosphoric ester groups is 1. The second kappa shape index (κ2) is 32.2. The van der Waals surface area contributed by atoms with Crippen molar-refractivity contribution in [2.45, 2.75) is 155 Å². The molecule has 286 valence electrons. The number of allylic oxidation sites excluding steroid dienone is 6. The SMILES string of the molecule is CCCCC/C=C/C/C=C/C/C=C/CCCCC(=O)OC[C@@H](COP(=O)([O-])OCC[N+](C)(C)C)OC(=O)CCCCCCCCCCCC. The lowest BCUT2D eigenvalue weighted by molar-refractivity contribution is -0.870. The molecule has 2 atom stereocenters. The van der Waals surface area contributed by atoms with Crippen LogP contribution in [0.4, 0.5) is 0 Å². The maximum absolute atomic E-state index is 12.6. The Labute approximate surface area is 300 Å². The van der Waals surface area contributed by atoms with Gasteiger partial charge >= 0.3 is 11.9 Å². The third kappa shape index (κ3) is 35.8. The summed E-state index contributed by atoms with van der Waals surface area (Å²) < 4.78 is 33.7. The van der Waals surface area contributed by atoms with E-state index in [9.17, 15) is 19.0 Å². The van der Waals surface area contributed by atoms with Crippen LogP contribution in [0.5, 0.6) is 0 Å². The Hall–Kier alpha value is -1.77. The summed E-state index contributed by atoms with van der Waals surface area (Å²) in [6.07, 6.45) is 33.2. The van der Waals surface area contributed by atoms with Gasteiger partial charge in [0, 0.05) is 12.8 Å². The van der Waals surface area contributed by atoms with Crippen LogP contribution < -0.4 is 4.89 Å². The van der Waals surface area contributed by atoms with Crippen molar-refractivity contribution in [2.24, 2.45) is 0 Å². The molecule has 0 N–H and O–H groups in total. The fourth-order valence-electron chi connectivity index (χ4n) is 4.84. The predicted octanol–water partition coefficient (Wildman–Crippen LogP) is 9.55. The summed E-state index contributed by atoms with van der Waals surface area (Å²) in [5.41, 5.74) is 0. The number of ether oxygens (including phenoxy) is 2. The lowest BCUT2D eigenvalue weighted by Gasteiger charge is -2.28. The summed E-state index contributed by atoms with van der Waals surface area (Å²) in [7, 11) is 1.14. The van der Waals surface area contributed by atoms with Crippen LogP contribution in [-0.4, -0.2) is 70.0 Å². The van der Waals surface area contributed by atoms with Crippen molar-refractivity contribution in [2.75, 3.05) is 47.5 Å². The molecule has 0 amide bonds. The van der Waals surface area contributed by atoms with E-state index in [1.807, 2.05) is 21.1 Å². The van der Waals surface area contributed by atoms with E-state index in [-0.39, 0.29) is 26.1 Å². The highest BCUT2D eigenvalue weighted by molar-refractivity contribution is 7.45. The summed E-state index contributed by atoms with van der Waals surface area (Å²) in [6.45, 7) is 4.11. The van der Waals surface area contributed by atoms with Crippen molar-refractivity contribution in [3.8, 4) is 0 Å². The molecule has 0 aliphatic carbocycles. The normalized spacial score (nSPS) is 14.2. The molecule has 0 fully saturated rings. The standard InChI is InChI=1S/C39H72NO8P/c1-6-8-10-12-14-16-18-19-20-21-22-24-25-27-29-31-38(41)45-35-37(36-47-49(43,44)46-34-33-40(3,4)5)48-39(42)32-30-28-26-23-17-15-13-11-9-7-2/h14,16,19-20,22,24,37H,6-13,15,17-18,21,23,25-36H2,1-5H3/b16-14+,20-19+,24-22+/t37-/m0/s1. The molecule has 0 aromatic rings. The molecular formula is C39H72NO8P. The molecular weight excluding hydrogens is 641 g/mol. The Morgan fingerprint density at radius 3 is 1.67 bits per heavy atom. The van der Waals surface area contributed by atoms with Crippen LogP contribution in [0, 0.1) is 0 Å². The van der Waals surface area contributed by atoms with Crippen molar-refractivity contribution < 1.29 is 42.1 Å². The van der Waals surface area contributed by atoms with E-state index in [4.69, 9.17) is 18.5 Å². The van der Waals surface area contributed by atoms with Crippen LogP contribution in [0.15, 0.2) is 36.5 Å². The zero-order valence-electron chi connectivity index (χ0n) is 31.9. The molecule has 0 heterocycles. The van der Waals surface area contributed by atoms with E-state index in [2.05, 4.69) is 50.3 Å². The molecule has 10 heteroatoms. The quantitative estimate of drug-likeness (QED) is 0.0213. The van der Waals surface area contributed by atoms with Gasteiger partial charge in [-0.05, 0) is 51.4 Å². The van der Waals surface area contributed by atoms with Crippen LogP contribution in [0.3, 0.4) is 0 Å². The average molecular weight is 714 g/mol. The van der Waals surface area contributed by atoms with Gasteiger partial charge in [-0.25, -0.2) is 0 Å². The van der Waals surface area contributed by atoms with Gasteiger partial charge in [0.2, 0.25) is 0 Å². The van der Waals surface area contributed by atoms with Gasteiger partial charge in [0.25, 0.3) is 7.82 Å². The second-order valence-electron chi connectivity index (χ2n) is 13.9. The predicted molar refractivity (Wildman–Crippen MR) is 199 cm³/mol. The monoisotopic (exact) mass is 713 g/mol. The Kier molecular flexibility index (Phi) is 31.0. The summed E-state index contributed by atoms with van der Waals surface area (Å²) >= 11 is 0. The van der Waals surface area contributed by atoms with Gasteiger partial charge in [0.1, 0.15) is 19.8 Å². The Morgan fingerprint density at radius 2 is 1.10 bits per heavy atom. The maximum Gasteiger partial charge on any atom is 0.306 e. The van der Waals surface area contributed by atoms with E-state index in [1.165, 1.54) is 57.8 Å². The number of phosphoric acid groups is 1. The molecule has 0 aliphatic rings. The van der Waals surface area contributed by atoms with E-state index in [0.717, 1.165) is 51.4 Å². The van der Waals surface area contributed by atoms with Crippen LogP contribution >= 0.6 is 7.82 Å². The number of nitrogens with zero attached hydrogens (tertiary/aromatic N) is 1.